The van der Waals surface area contributed by atoms with Gasteiger partial charge in [0, 0.05) is 15.7 Å². The van der Waals surface area contributed by atoms with Crippen molar-refractivity contribution in [1.29, 1.82) is 0 Å². The largest absolute Gasteiger partial charge is 0.493 e. The van der Waals surface area contributed by atoms with E-state index in [9.17, 15) is 4.79 Å². The van der Waals surface area contributed by atoms with Gasteiger partial charge < -0.3 is 9.47 Å². The van der Waals surface area contributed by atoms with E-state index >= 15 is 0 Å². The topological polar surface area (TPSA) is 38.8 Å². The first kappa shape index (κ1) is 20.9. The predicted molar refractivity (Wildman–Crippen MR) is 123 cm³/mol. The molecule has 3 aromatic carbocycles. The first-order valence-electron chi connectivity index (χ1n) is 9.29. The van der Waals surface area contributed by atoms with E-state index in [-0.39, 0.29) is 11.3 Å². The number of thioether (sulfide) groups is 1. The van der Waals surface area contributed by atoms with Crippen molar-refractivity contribution in [1.82, 2.24) is 0 Å². The zero-order valence-electron chi connectivity index (χ0n) is 16.2. The fourth-order valence-electron chi connectivity index (χ4n) is 3.25. The van der Waals surface area contributed by atoms with Gasteiger partial charge >= 0.3 is 0 Å². The van der Waals surface area contributed by atoms with E-state index in [0.717, 1.165) is 16.8 Å². The van der Waals surface area contributed by atoms with Crippen molar-refractivity contribution in [3.8, 4) is 11.5 Å². The van der Waals surface area contributed by atoms with Crippen LogP contribution in [0.3, 0.4) is 0 Å². The average molecular weight is 460 g/mol. The summed E-state index contributed by atoms with van der Waals surface area (Å²) in [5.41, 5.74) is 2.80. The minimum Gasteiger partial charge on any atom is -0.493 e. The van der Waals surface area contributed by atoms with Gasteiger partial charge in [0.05, 0.1) is 12.9 Å². The summed E-state index contributed by atoms with van der Waals surface area (Å²) in [5.74, 6) is 1.75. The van der Waals surface area contributed by atoms with Gasteiger partial charge in [0.25, 0.3) is 0 Å². The molecule has 0 aromatic heterocycles. The number of halogens is 2. The molecular weight excluding hydrogens is 441 g/mol. The number of hydrogen-bond donors (Lipinski definition) is 0. The van der Waals surface area contributed by atoms with Gasteiger partial charge in [0.1, 0.15) is 12.0 Å². The minimum absolute atomic E-state index is 0.0642. The first-order valence-corrected chi connectivity index (χ1v) is 11.1. The van der Waals surface area contributed by atoms with E-state index in [1.165, 1.54) is 0 Å². The summed E-state index contributed by atoms with van der Waals surface area (Å²) in [7, 11) is 1.61. The summed E-state index contributed by atoms with van der Waals surface area (Å²) in [4.78, 5) is 14.4. The zero-order chi connectivity index (χ0) is 21.1. The first-order chi connectivity index (χ1) is 14.5. The maximum atomic E-state index is 12.6. The fourth-order valence-corrected chi connectivity index (χ4v) is 4.67. The van der Waals surface area contributed by atoms with E-state index in [1.54, 1.807) is 35.9 Å². The Morgan fingerprint density at radius 3 is 2.30 bits per heavy atom. The van der Waals surface area contributed by atoms with E-state index in [0.29, 0.717) is 33.9 Å². The molecule has 1 fully saturated rings. The van der Waals surface area contributed by atoms with Crippen LogP contribution in [0.5, 0.6) is 11.5 Å². The highest BCUT2D eigenvalue weighted by Crippen LogP contribution is 2.44. The lowest BCUT2D eigenvalue weighted by atomic mass is 10.1. The summed E-state index contributed by atoms with van der Waals surface area (Å²) < 4.78 is 11.5. The second-order valence-corrected chi connectivity index (χ2v) is 8.67. The average Bonchev–Trinajstić information content (AvgIpc) is 3.15. The van der Waals surface area contributed by atoms with Crippen molar-refractivity contribution >= 4 is 46.6 Å². The molecular formula is C23H19Cl2NO3S. The van der Waals surface area contributed by atoms with Gasteiger partial charge in [-0.15, -0.1) is 11.8 Å². The van der Waals surface area contributed by atoms with Crippen LogP contribution in [0.1, 0.15) is 16.5 Å². The van der Waals surface area contributed by atoms with Gasteiger partial charge in [-0.3, -0.25) is 9.69 Å². The van der Waals surface area contributed by atoms with Crippen LogP contribution in [0.15, 0.2) is 66.7 Å². The fraction of sp³-hybridized carbons (Fsp3) is 0.174. The van der Waals surface area contributed by atoms with Gasteiger partial charge in [-0.1, -0.05) is 41.4 Å². The van der Waals surface area contributed by atoms with Crippen LogP contribution in [-0.4, -0.2) is 18.8 Å². The molecule has 1 heterocycles. The van der Waals surface area contributed by atoms with Crippen molar-refractivity contribution in [2.45, 2.75) is 12.0 Å². The van der Waals surface area contributed by atoms with E-state index in [2.05, 4.69) is 0 Å². The van der Waals surface area contributed by atoms with Gasteiger partial charge in [0.15, 0.2) is 11.5 Å². The molecule has 0 aliphatic carbocycles. The summed E-state index contributed by atoms with van der Waals surface area (Å²) >= 11 is 13.5. The van der Waals surface area contributed by atoms with Crippen molar-refractivity contribution in [2.75, 3.05) is 17.8 Å². The Hall–Kier alpha value is -2.34. The molecule has 1 amide bonds. The normalized spacial score (nSPS) is 16.0. The number of benzene rings is 3. The number of carbonyl (C=O) groups excluding carboxylic acids is 1. The Morgan fingerprint density at radius 1 is 0.967 bits per heavy atom. The predicted octanol–water partition coefficient (Wildman–Crippen LogP) is 6.36. The van der Waals surface area contributed by atoms with Gasteiger partial charge in [-0.2, -0.15) is 0 Å². The lowest BCUT2D eigenvalue weighted by Gasteiger charge is -2.25. The van der Waals surface area contributed by atoms with Crippen LogP contribution >= 0.6 is 35.0 Å². The molecule has 3 aromatic rings. The molecule has 1 saturated heterocycles. The van der Waals surface area contributed by atoms with E-state index < -0.39 is 0 Å². The summed E-state index contributed by atoms with van der Waals surface area (Å²) in [6, 6.07) is 20.6. The number of ether oxygens (including phenoxy) is 2. The van der Waals surface area contributed by atoms with Crippen molar-refractivity contribution in [3.63, 3.8) is 0 Å². The van der Waals surface area contributed by atoms with Crippen molar-refractivity contribution < 1.29 is 14.3 Å². The number of anilines is 1. The molecule has 4 nitrogen and oxygen atoms in total. The Bertz CT molecular complexity index is 1040. The Balaban J connectivity index is 1.56. The summed E-state index contributed by atoms with van der Waals surface area (Å²) in [6.07, 6.45) is 0. The number of carbonyl (C=O) groups is 1. The lowest BCUT2D eigenvalue weighted by Crippen LogP contribution is -2.27. The standard InChI is InChI=1S/C23H19Cl2NO3S/c1-28-21-12-16(4-11-20(21)29-13-15-2-5-17(24)6-3-15)23-26(22(27)14-30-23)19-9-7-18(25)8-10-19/h2-12,23H,13-14H2,1H3/t23-/m1/s1. The molecule has 0 saturated carbocycles. The second-order valence-electron chi connectivity index (χ2n) is 6.73. The highest BCUT2D eigenvalue weighted by Gasteiger charge is 2.34. The summed E-state index contributed by atoms with van der Waals surface area (Å²) in [6.45, 7) is 0.403. The van der Waals surface area contributed by atoms with Crippen LogP contribution < -0.4 is 14.4 Å². The number of rotatable bonds is 6. The number of hydrogen-bond acceptors (Lipinski definition) is 4. The molecule has 4 rings (SSSR count). The quantitative estimate of drug-likeness (QED) is 0.429. The number of amides is 1. The molecule has 30 heavy (non-hydrogen) atoms. The molecule has 0 bridgehead atoms. The third kappa shape index (κ3) is 4.53. The highest BCUT2D eigenvalue weighted by atomic mass is 35.5. The lowest BCUT2D eigenvalue weighted by molar-refractivity contribution is -0.115. The van der Waals surface area contributed by atoms with Gasteiger partial charge in [0.2, 0.25) is 5.91 Å². The molecule has 0 unspecified atom stereocenters. The second kappa shape index (κ2) is 9.21. The maximum absolute atomic E-state index is 12.6. The molecule has 1 aliphatic rings. The Kier molecular flexibility index (Phi) is 6.42. The molecule has 7 heteroatoms. The molecule has 0 spiro atoms. The maximum Gasteiger partial charge on any atom is 0.238 e. The summed E-state index contributed by atoms with van der Waals surface area (Å²) in [5, 5.41) is 1.19. The van der Waals surface area contributed by atoms with Gasteiger partial charge in [-0.25, -0.2) is 0 Å². The van der Waals surface area contributed by atoms with Crippen LogP contribution in [0.25, 0.3) is 0 Å². The van der Waals surface area contributed by atoms with Crippen LogP contribution in [0.2, 0.25) is 10.0 Å². The van der Waals surface area contributed by atoms with Crippen molar-refractivity contribution in [2.24, 2.45) is 0 Å². The molecule has 1 atom stereocenters. The van der Waals surface area contributed by atoms with E-state index in [1.807, 2.05) is 54.6 Å². The minimum atomic E-state index is -0.141. The Morgan fingerprint density at radius 2 is 1.63 bits per heavy atom. The molecule has 1 aliphatic heterocycles. The number of methoxy groups -OCH3 is 1. The highest BCUT2D eigenvalue weighted by molar-refractivity contribution is 8.00. The third-order valence-corrected chi connectivity index (χ3v) is 6.47. The Labute approximate surface area is 189 Å². The number of nitrogens with zero attached hydrogens (tertiary/aromatic N) is 1. The molecule has 0 N–H and O–H groups in total. The van der Waals surface area contributed by atoms with Crippen molar-refractivity contribution in [3.05, 3.63) is 87.9 Å². The van der Waals surface area contributed by atoms with Crippen LogP contribution in [0, 0.1) is 0 Å². The van der Waals surface area contributed by atoms with Crippen LogP contribution in [0.4, 0.5) is 5.69 Å². The van der Waals surface area contributed by atoms with E-state index in [4.69, 9.17) is 32.7 Å². The van der Waals surface area contributed by atoms with Crippen LogP contribution in [-0.2, 0) is 11.4 Å². The monoisotopic (exact) mass is 459 g/mol. The third-order valence-electron chi connectivity index (χ3n) is 4.75. The van der Waals surface area contributed by atoms with Gasteiger partial charge in [-0.05, 0) is 59.7 Å². The smallest absolute Gasteiger partial charge is 0.238 e. The zero-order valence-corrected chi connectivity index (χ0v) is 18.5. The molecule has 0 radical (unpaired) electrons. The SMILES string of the molecule is COc1cc([C@H]2SCC(=O)N2c2ccc(Cl)cc2)ccc1OCc1ccc(Cl)cc1. The molecule has 154 valence electrons.